The number of aliphatic imine (C=N–C) groups is 1. The molecule has 2 aliphatic rings. The van der Waals surface area contributed by atoms with Crippen molar-refractivity contribution >= 4 is 16.9 Å². The summed E-state index contributed by atoms with van der Waals surface area (Å²) in [7, 11) is 0. The molecule has 4 heteroatoms. The van der Waals surface area contributed by atoms with Crippen molar-refractivity contribution in [3.05, 3.63) is 0 Å². The lowest BCUT2D eigenvalue weighted by Gasteiger charge is -2.21. The van der Waals surface area contributed by atoms with Crippen molar-refractivity contribution in [2.75, 3.05) is 32.7 Å². The van der Waals surface area contributed by atoms with E-state index in [-0.39, 0.29) is 0 Å². The Kier molecular flexibility index (Phi) is 5.58. The van der Waals surface area contributed by atoms with Gasteiger partial charge in [0, 0.05) is 11.8 Å². The van der Waals surface area contributed by atoms with E-state index >= 15 is 0 Å². The molecule has 0 aromatic heterocycles. The van der Waals surface area contributed by atoms with E-state index in [2.05, 4.69) is 36.0 Å². The minimum Gasteiger partial charge on any atom is -0.365 e. The van der Waals surface area contributed by atoms with Crippen LogP contribution in [0.1, 0.15) is 46.5 Å². The first-order valence-electron chi connectivity index (χ1n) is 7.70. The van der Waals surface area contributed by atoms with E-state index in [9.17, 15) is 0 Å². The van der Waals surface area contributed by atoms with Gasteiger partial charge in [-0.2, -0.15) is 0 Å². The summed E-state index contributed by atoms with van der Waals surface area (Å²) in [4.78, 5) is 7.20. The van der Waals surface area contributed by atoms with Crippen LogP contribution in [0.15, 0.2) is 4.99 Å². The Morgan fingerprint density at radius 3 is 2.74 bits per heavy atom. The molecule has 1 N–H and O–H groups in total. The number of amidine groups is 1. The van der Waals surface area contributed by atoms with Crippen LogP contribution in [0.2, 0.25) is 0 Å². The molecule has 0 aliphatic carbocycles. The van der Waals surface area contributed by atoms with Crippen molar-refractivity contribution in [2.24, 2.45) is 10.4 Å². The first kappa shape index (κ1) is 15.2. The summed E-state index contributed by atoms with van der Waals surface area (Å²) in [5, 5.41) is 5.37. The largest absolute Gasteiger partial charge is 0.365 e. The van der Waals surface area contributed by atoms with Crippen LogP contribution in [0.3, 0.4) is 0 Å². The van der Waals surface area contributed by atoms with E-state index in [1.54, 1.807) is 0 Å². The Labute approximate surface area is 122 Å². The Morgan fingerprint density at radius 2 is 2.05 bits per heavy atom. The predicted octanol–water partition coefficient (Wildman–Crippen LogP) is 2.97. The third-order valence-corrected chi connectivity index (χ3v) is 4.83. The molecule has 0 radical (unpaired) electrons. The fourth-order valence-electron chi connectivity index (χ4n) is 2.81. The number of rotatable bonds is 5. The zero-order valence-electron chi connectivity index (χ0n) is 12.7. The van der Waals surface area contributed by atoms with Gasteiger partial charge in [-0.15, -0.1) is 0 Å². The van der Waals surface area contributed by atoms with Gasteiger partial charge in [0.2, 0.25) is 0 Å². The second-order valence-electron chi connectivity index (χ2n) is 6.98. The minimum atomic E-state index is 0.415. The molecule has 19 heavy (non-hydrogen) atoms. The molecule has 0 aromatic carbocycles. The minimum absolute atomic E-state index is 0.415. The number of likely N-dealkylation sites (tertiary alicyclic amines) is 1. The highest BCUT2D eigenvalue weighted by Gasteiger charge is 2.24. The van der Waals surface area contributed by atoms with E-state index in [1.807, 2.05) is 11.8 Å². The zero-order chi connectivity index (χ0) is 13.7. The Hall–Kier alpha value is -0.220. The lowest BCUT2D eigenvalue weighted by atomic mass is 9.90. The first-order chi connectivity index (χ1) is 9.03. The summed E-state index contributed by atoms with van der Waals surface area (Å²) in [6, 6.07) is 0. The number of nitrogens with one attached hydrogen (secondary N) is 1. The molecule has 0 saturated carbocycles. The summed E-state index contributed by atoms with van der Waals surface area (Å²) < 4.78 is 0. The summed E-state index contributed by atoms with van der Waals surface area (Å²) >= 11 is 1.95. The lowest BCUT2D eigenvalue weighted by Crippen LogP contribution is -2.27. The maximum atomic E-state index is 4.63. The van der Waals surface area contributed by atoms with Crippen LogP contribution < -0.4 is 5.32 Å². The number of hydrogen-bond donors (Lipinski definition) is 1. The van der Waals surface area contributed by atoms with Gasteiger partial charge in [0.25, 0.3) is 0 Å². The molecule has 1 unspecified atom stereocenters. The van der Waals surface area contributed by atoms with E-state index in [4.69, 9.17) is 0 Å². The zero-order valence-corrected chi connectivity index (χ0v) is 13.6. The van der Waals surface area contributed by atoms with Crippen molar-refractivity contribution in [3.63, 3.8) is 0 Å². The standard InChI is InChI=1S/C15H29N3S/c1-15(2,3)11-13-12-17-14(19-13)16-7-6-10-18-8-4-5-9-18/h13H,4-12H2,1-3H3,(H,16,17). The van der Waals surface area contributed by atoms with Crippen LogP contribution in [0.25, 0.3) is 0 Å². The molecular weight excluding hydrogens is 254 g/mol. The molecule has 110 valence electrons. The smallest absolute Gasteiger partial charge is 0.156 e. The van der Waals surface area contributed by atoms with Crippen LogP contribution in [0, 0.1) is 5.41 Å². The molecule has 3 nitrogen and oxygen atoms in total. The first-order valence-corrected chi connectivity index (χ1v) is 8.58. The summed E-state index contributed by atoms with van der Waals surface area (Å²) in [5.41, 5.74) is 0.415. The van der Waals surface area contributed by atoms with Gasteiger partial charge in [0.15, 0.2) is 5.17 Å². The normalized spacial score (nSPS) is 24.8. The number of nitrogens with zero attached hydrogens (tertiary/aromatic N) is 2. The molecule has 2 heterocycles. The molecule has 0 amide bonds. The van der Waals surface area contributed by atoms with Gasteiger partial charge in [-0.3, -0.25) is 4.99 Å². The number of thioether (sulfide) groups is 1. The van der Waals surface area contributed by atoms with E-state index in [0.29, 0.717) is 10.7 Å². The van der Waals surface area contributed by atoms with Crippen LogP contribution in [0.5, 0.6) is 0 Å². The van der Waals surface area contributed by atoms with Gasteiger partial charge >= 0.3 is 0 Å². The molecule has 0 spiro atoms. The van der Waals surface area contributed by atoms with Crippen molar-refractivity contribution in [1.82, 2.24) is 10.2 Å². The highest BCUT2D eigenvalue weighted by atomic mass is 32.2. The number of hydrogen-bond acceptors (Lipinski definition) is 4. The molecule has 1 saturated heterocycles. The van der Waals surface area contributed by atoms with Crippen LogP contribution in [0.4, 0.5) is 0 Å². The predicted molar refractivity (Wildman–Crippen MR) is 86.0 cm³/mol. The van der Waals surface area contributed by atoms with Gasteiger partial charge in [0.1, 0.15) is 0 Å². The fraction of sp³-hybridized carbons (Fsp3) is 0.933. The topological polar surface area (TPSA) is 27.6 Å². The van der Waals surface area contributed by atoms with Gasteiger partial charge < -0.3 is 10.2 Å². The maximum Gasteiger partial charge on any atom is 0.156 e. The monoisotopic (exact) mass is 283 g/mol. The molecule has 0 bridgehead atoms. The van der Waals surface area contributed by atoms with E-state index in [1.165, 1.54) is 50.5 Å². The average molecular weight is 283 g/mol. The second kappa shape index (κ2) is 6.98. The van der Waals surface area contributed by atoms with Gasteiger partial charge in [-0.05, 0) is 50.7 Å². The fourth-order valence-corrected chi connectivity index (χ4v) is 4.19. The molecule has 1 fully saturated rings. The summed E-state index contributed by atoms with van der Waals surface area (Å²) in [6.45, 7) is 12.9. The van der Waals surface area contributed by atoms with Crippen molar-refractivity contribution in [2.45, 2.75) is 51.7 Å². The SMILES string of the molecule is CC(C)(C)CC1CN=C(NCCCN2CCCC2)S1. The molecule has 2 aliphatic heterocycles. The lowest BCUT2D eigenvalue weighted by molar-refractivity contribution is 0.334. The maximum absolute atomic E-state index is 4.63. The Balaban J connectivity index is 1.55. The highest BCUT2D eigenvalue weighted by molar-refractivity contribution is 8.14. The van der Waals surface area contributed by atoms with Gasteiger partial charge in [-0.1, -0.05) is 32.5 Å². The van der Waals surface area contributed by atoms with Gasteiger partial charge in [0.05, 0.1) is 6.54 Å². The van der Waals surface area contributed by atoms with Crippen molar-refractivity contribution in [3.8, 4) is 0 Å². The van der Waals surface area contributed by atoms with Crippen LogP contribution in [-0.4, -0.2) is 48.0 Å². The second-order valence-corrected chi connectivity index (χ2v) is 8.27. The quantitative estimate of drug-likeness (QED) is 0.786. The molecular formula is C15H29N3S. The van der Waals surface area contributed by atoms with E-state index < -0.39 is 0 Å². The van der Waals surface area contributed by atoms with Crippen LogP contribution >= 0.6 is 11.8 Å². The third kappa shape index (κ3) is 5.74. The van der Waals surface area contributed by atoms with Crippen molar-refractivity contribution < 1.29 is 0 Å². The average Bonchev–Trinajstić information content (AvgIpc) is 2.94. The highest BCUT2D eigenvalue weighted by Crippen LogP contribution is 2.31. The molecule has 1 atom stereocenters. The van der Waals surface area contributed by atoms with Crippen molar-refractivity contribution in [1.29, 1.82) is 0 Å². The van der Waals surface area contributed by atoms with Crippen LogP contribution in [-0.2, 0) is 0 Å². The third-order valence-electron chi connectivity index (χ3n) is 3.68. The summed E-state index contributed by atoms with van der Waals surface area (Å²) in [5.74, 6) is 0. The van der Waals surface area contributed by atoms with Gasteiger partial charge in [-0.25, -0.2) is 0 Å². The molecule has 0 aromatic rings. The Bertz CT molecular complexity index is 303. The molecule has 2 rings (SSSR count). The Morgan fingerprint density at radius 1 is 1.32 bits per heavy atom. The summed E-state index contributed by atoms with van der Waals surface area (Å²) in [6.07, 6.45) is 5.28. The van der Waals surface area contributed by atoms with E-state index in [0.717, 1.165) is 13.1 Å².